The van der Waals surface area contributed by atoms with Gasteiger partial charge in [0.15, 0.2) is 0 Å². The summed E-state index contributed by atoms with van der Waals surface area (Å²) in [6.07, 6.45) is 1.55. The molecule has 0 N–H and O–H groups in total. The Morgan fingerprint density at radius 3 is 2.73 bits per heavy atom. The standard InChI is InChI=1S/C16H15FN2O2S/c1-10-11(2)22-15-14(10)16(20)19(9-18-15)7-8-21-13-5-3-12(17)4-6-13/h3-6,9H,7-8H2,1-2H3. The molecule has 0 radical (unpaired) electrons. The lowest BCUT2D eigenvalue weighted by molar-refractivity contribution is 0.295. The van der Waals surface area contributed by atoms with Gasteiger partial charge in [-0.3, -0.25) is 9.36 Å². The van der Waals surface area contributed by atoms with Crippen LogP contribution >= 0.6 is 11.3 Å². The molecule has 1 aromatic carbocycles. The summed E-state index contributed by atoms with van der Waals surface area (Å²) in [4.78, 5) is 18.7. The molecule has 0 amide bonds. The second-order valence-corrected chi connectivity index (χ2v) is 6.21. The van der Waals surface area contributed by atoms with Crippen LogP contribution in [0.3, 0.4) is 0 Å². The fourth-order valence-corrected chi connectivity index (χ4v) is 3.21. The summed E-state index contributed by atoms with van der Waals surface area (Å²) in [5, 5.41) is 0.687. The van der Waals surface area contributed by atoms with E-state index in [1.54, 1.807) is 23.0 Å². The number of fused-ring (bicyclic) bond motifs is 1. The fourth-order valence-electron chi connectivity index (χ4n) is 2.22. The molecule has 0 aliphatic carbocycles. The summed E-state index contributed by atoms with van der Waals surface area (Å²) < 4.78 is 19.9. The molecule has 0 spiro atoms. The molecule has 6 heteroatoms. The van der Waals surface area contributed by atoms with Gasteiger partial charge in [-0.05, 0) is 43.7 Å². The zero-order valence-corrected chi connectivity index (χ0v) is 13.1. The van der Waals surface area contributed by atoms with Crippen LogP contribution in [-0.4, -0.2) is 16.2 Å². The Bertz CT molecular complexity index is 868. The summed E-state index contributed by atoms with van der Waals surface area (Å²) in [6, 6.07) is 5.80. The minimum absolute atomic E-state index is 0.0467. The molecule has 2 heterocycles. The minimum Gasteiger partial charge on any atom is -0.492 e. The Morgan fingerprint density at radius 1 is 1.27 bits per heavy atom. The van der Waals surface area contributed by atoms with Gasteiger partial charge < -0.3 is 4.74 Å². The Labute approximate surface area is 130 Å². The number of halogens is 1. The fraction of sp³-hybridized carbons (Fsp3) is 0.250. The molecule has 0 fully saturated rings. The van der Waals surface area contributed by atoms with E-state index in [-0.39, 0.29) is 11.4 Å². The highest BCUT2D eigenvalue weighted by Crippen LogP contribution is 2.25. The molecule has 3 aromatic rings. The molecule has 4 nitrogen and oxygen atoms in total. The van der Waals surface area contributed by atoms with Crippen LogP contribution in [0.4, 0.5) is 4.39 Å². The van der Waals surface area contributed by atoms with E-state index in [4.69, 9.17) is 4.74 Å². The number of nitrogens with zero attached hydrogens (tertiary/aromatic N) is 2. The maximum Gasteiger partial charge on any atom is 0.262 e. The summed E-state index contributed by atoms with van der Waals surface area (Å²) >= 11 is 1.53. The van der Waals surface area contributed by atoms with Crippen LogP contribution in [0, 0.1) is 19.7 Å². The molecule has 0 bridgehead atoms. The number of benzene rings is 1. The Hall–Kier alpha value is -2.21. The lowest BCUT2D eigenvalue weighted by atomic mass is 10.2. The lowest BCUT2D eigenvalue weighted by Crippen LogP contribution is -2.23. The van der Waals surface area contributed by atoms with E-state index in [0.29, 0.717) is 24.3 Å². The van der Waals surface area contributed by atoms with Crippen molar-refractivity contribution in [2.45, 2.75) is 20.4 Å². The van der Waals surface area contributed by atoms with E-state index in [9.17, 15) is 9.18 Å². The number of aryl methyl sites for hydroxylation is 2. The highest BCUT2D eigenvalue weighted by molar-refractivity contribution is 7.18. The van der Waals surface area contributed by atoms with Crippen LogP contribution in [0.5, 0.6) is 5.75 Å². The Balaban J connectivity index is 1.77. The van der Waals surface area contributed by atoms with Gasteiger partial charge >= 0.3 is 0 Å². The average Bonchev–Trinajstić information content (AvgIpc) is 2.79. The third-order valence-electron chi connectivity index (χ3n) is 3.57. The Morgan fingerprint density at radius 2 is 2.00 bits per heavy atom. The van der Waals surface area contributed by atoms with E-state index in [0.717, 1.165) is 15.3 Å². The zero-order chi connectivity index (χ0) is 15.7. The SMILES string of the molecule is Cc1sc2ncn(CCOc3ccc(F)cc3)c(=O)c2c1C. The quantitative estimate of drug-likeness (QED) is 0.741. The van der Waals surface area contributed by atoms with Crippen molar-refractivity contribution in [1.82, 2.24) is 9.55 Å². The topological polar surface area (TPSA) is 44.1 Å². The maximum atomic E-state index is 12.8. The van der Waals surface area contributed by atoms with Crippen molar-refractivity contribution >= 4 is 21.6 Å². The predicted octanol–water partition coefficient (Wildman–Crippen LogP) is 3.29. The van der Waals surface area contributed by atoms with Gasteiger partial charge in [-0.15, -0.1) is 11.3 Å². The largest absolute Gasteiger partial charge is 0.492 e. The van der Waals surface area contributed by atoms with Crippen molar-refractivity contribution in [2.75, 3.05) is 6.61 Å². The molecule has 0 saturated heterocycles. The van der Waals surface area contributed by atoms with Gasteiger partial charge in [-0.25, -0.2) is 9.37 Å². The van der Waals surface area contributed by atoms with E-state index in [1.807, 2.05) is 13.8 Å². The number of hydrogen-bond donors (Lipinski definition) is 0. The van der Waals surface area contributed by atoms with Gasteiger partial charge in [-0.2, -0.15) is 0 Å². The summed E-state index contributed by atoms with van der Waals surface area (Å²) in [7, 11) is 0. The molecular weight excluding hydrogens is 303 g/mol. The van der Waals surface area contributed by atoms with Crippen molar-refractivity contribution in [1.29, 1.82) is 0 Å². The molecule has 0 aliphatic rings. The van der Waals surface area contributed by atoms with Crippen LogP contribution in [0.25, 0.3) is 10.2 Å². The molecule has 0 aliphatic heterocycles. The van der Waals surface area contributed by atoms with Crippen LogP contribution in [-0.2, 0) is 6.54 Å². The normalized spacial score (nSPS) is 11.0. The molecule has 0 atom stereocenters. The third-order valence-corrected chi connectivity index (χ3v) is 4.69. The highest BCUT2D eigenvalue weighted by atomic mass is 32.1. The molecule has 0 unspecified atom stereocenters. The van der Waals surface area contributed by atoms with Crippen molar-refractivity contribution < 1.29 is 9.13 Å². The van der Waals surface area contributed by atoms with E-state index in [2.05, 4.69) is 4.98 Å². The van der Waals surface area contributed by atoms with Gasteiger partial charge in [-0.1, -0.05) is 0 Å². The van der Waals surface area contributed by atoms with Crippen molar-refractivity contribution in [3.05, 3.63) is 57.2 Å². The molecule has 0 saturated carbocycles. The van der Waals surface area contributed by atoms with Gasteiger partial charge in [0.2, 0.25) is 0 Å². The predicted molar refractivity (Wildman–Crippen MR) is 85.2 cm³/mol. The van der Waals surface area contributed by atoms with Crippen molar-refractivity contribution in [3.63, 3.8) is 0 Å². The zero-order valence-electron chi connectivity index (χ0n) is 12.3. The molecular formula is C16H15FN2O2S. The molecule has 22 heavy (non-hydrogen) atoms. The van der Waals surface area contributed by atoms with Gasteiger partial charge in [0.05, 0.1) is 18.3 Å². The van der Waals surface area contributed by atoms with Gasteiger partial charge in [0.25, 0.3) is 5.56 Å². The minimum atomic E-state index is -0.304. The van der Waals surface area contributed by atoms with Crippen LogP contribution in [0.1, 0.15) is 10.4 Å². The average molecular weight is 318 g/mol. The second kappa shape index (κ2) is 5.88. The monoisotopic (exact) mass is 318 g/mol. The maximum absolute atomic E-state index is 12.8. The Kier molecular flexibility index (Phi) is 3.94. The first-order valence-corrected chi connectivity index (χ1v) is 7.71. The first-order chi connectivity index (χ1) is 10.6. The van der Waals surface area contributed by atoms with Crippen molar-refractivity contribution in [2.24, 2.45) is 0 Å². The number of aromatic nitrogens is 2. The van der Waals surface area contributed by atoms with E-state index in [1.165, 1.54) is 23.5 Å². The number of thiophene rings is 1. The third kappa shape index (κ3) is 2.74. The molecule has 2 aromatic heterocycles. The van der Waals surface area contributed by atoms with Crippen molar-refractivity contribution in [3.8, 4) is 5.75 Å². The number of hydrogen-bond acceptors (Lipinski definition) is 4. The van der Waals surface area contributed by atoms with Gasteiger partial charge in [0.1, 0.15) is 23.0 Å². The first-order valence-electron chi connectivity index (χ1n) is 6.90. The highest BCUT2D eigenvalue weighted by Gasteiger charge is 2.11. The smallest absolute Gasteiger partial charge is 0.262 e. The van der Waals surface area contributed by atoms with Crippen LogP contribution < -0.4 is 10.3 Å². The van der Waals surface area contributed by atoms with Crippen LogP contribution in [0.2, 0.25) is 0 Å². The second-order valence-electron chi connectivity index (χ2n) is 5.01. The van der Waals surface area contributed by atoms with E-state index >= 15 is 0 Å². The summed E-state index contributed by atoms with van der Waals surface area (Å²) in [5.74, 6) is 0.271. The van der Waals surface area contributed by atoms with Gasteiger partial charge in [0, 0.05) is 4.88 Å². The van der Waals surface area contributed by atoms with E-state index < -0.39 is 0 Å². The summed E-state index contributed by atoms with van der Waals surface area (Å²) in [6.45, 7) is 4.65. The number of ether oxygens (including phenoxy) is 1. The molecule has 3 rings (SSSR count). The lowest BCUT2D eigenvalue weighted by Gasteiger charge is -2.08. The summed E-state index contributed by atoms with van der Waals surface area (Å²) in [5.41, 5.74) is 0.945. The number of rotatable bonds is 4. The van der Waals surface area contributed by atoms with Crippen LogP contribution in [0.15, 0.2) is 35.4 Å². The first kappa shape index (κ1) is 14.7. The molecule has 114 valence electrons.